The summed E-state index contributed by atoms with van der Waals surface area (Å²) >= 11 is 18.0. The van der Waals surface area contributed by atoms with Crippen LogP contribution in [0.3, 0.4) is 0 Å². The van der Waals surface area contributed by atoms with E-state index in [9.17, 15) is 4.79 Å². The molecule has 0 aromatic heterocycles. The van der Waals surface area contributed by atoms with Crippen molar-refractivity contribution < 1.29 is 4.79 Å². The van der Waals surface area contributed by atoms with Crippen molar-refractivity contribution in [1.29, 1.82) is 0 Å². The largest absolute Gasteiger partial charge is 0.296 e. The standard InChI is InChI=1S/C4H4Cl3NOS/c1-3(5)2(9)8-10-4(3,6)7/h1H3,(H,8,9). The van der Waals surface area contributed by atoms with Gasteiger partial charge >= 0.3 is 0 Å². The Labute approximate surface area is 77.7 Å². The van der Waals surface area contributed by atoms with Gasteiger partial charge in [-0.05, 0) is 18.9 Å². The molecule has 1 saturated heterocycles. The summed E-state index contributed by atoms with van der Waals surface area (Å²) in [7, 11) is 0. The Balaban J connectivity index is 2.95. The van der Waals surface area contributed by atoms with Crippen LogP contribution in [0.5, 0.6) is 0 Å². The zero-order valence-electron chi connectivity index (χ0n) is 4.95. The minimum atomic E-state index is -1.27. The van der Waals surface area contributed by atoms with Crippen LogP contribution in [0.4, 0.5) is 0 Å². The number of rotatable bonds is 0. The molecule has 1 rings (SSSR count). The van der Waals surface area contributed by atoms with E-state index in [1.165, 1.54) is 6.92 Å². The first-order valence-electron chi connectivity index (χ1n) is 2.43. The van der Waals surface area contributed by atoms with Gasteiger partial charge in [-0.2, -0.15) is 0 Å². The molecule has 58 valence electrons. The first kappa shape index (κ1) is 8.78. The Morgan fingerprint density at radius 1 is 1.50 bits per heavy atom. The van der Waals surface area contributed by atoms with Crippen LogP contribution in [-0.4, -0.2) is 14.4 Å². The summed E-state index contributed by atoms with van der Waals surface area (Å²) in [5.74, 6) is -0.357. The first-order valence-corrected chi connectivity index (χ1v) is 4.38. The van der Waals surface area contributed by atoms with Crippen molar-refractivity contribution in [2.45, 2.75) is 15.5 Å². The first-order chi connectivity index (χ1) is 4.38. The number of amides is 1. The molecule has 0 aliphatic carbocycles. The van der Waals surface area contributed by atoms with Crippen LogP contribution < -0.4 is 4.72 Å². The van der Waals surface area contributed by atoms with E-state index >= 15 is 0 Å². The SMILES string of the molecule is CC1(Cl)C(=O)NSC1(Cl)Cl. The van der Waals surface area contributed by atoms with Crippen molar-refractivity contribution in [3.63, 3.8) is 0 Å². The zero-order valence-corrected chi connectivity index (χ0v) is 8.03. The van der Waals surface area contributed by atoms with Gasteiger partial charge in [-0.25, -0.2) is 0 Å². The maximum Gasteiger partial charge on any atom is 0.254 e. The molecule has 1 amide bonds. The van der Waals surface area contributed by atoms with E-state index in [-0.39, 0.29) is 5.91 Å². The highest BCUT2D eigenvalue weighted by atomic mass is 35.5. The predicted molar refractivity (Wildman–Crippen MR) is 44.4 cm³/mol. The van der Waals surface area contributed by atoms with E-state index in [1.807, 2.05) is 0 Å². The van der Waals surface area contributed by atoms with Crippen molar-refractivity contribution >= 4 is 52.7 Å². The molecule has 0 spiro atoms. The molecule has 1 fully saturated rings. The van der Waals surface area contributed by atoms with Crippen LogP contribution in [0.15, 0.2) is 0 Å². The molecule has 0 radical (unpaired) electrons. The Morgan fingerprint density at radius 3 is 2.10 bits per heavy atom. The minimum absolute atomic E-state index is 0.357. The molecule has 1 heterocycles. The average Bonchev–Trinajstić information content (AvgIpc) is 1.94. The molecule has 0 saturated carbocycles. The third-order valence-corrected chi connectivity index (χ3v) is 4.18. The number of hydrogen-bond acceptors (Lipinski definition) is 2. The molecule has 1 atom stereocenters. The third-order valence-electron chi connectivity index (χ3n) is 1.24. The lowest BCUT2D eigenvalue weighted by molar-refractivity contribution is -0.120. The zero-order chi connectivity index (χ0) is 7.99. The second kappa shape index (κ2) is 2.34. The second-order valence-electron chi connectivity index (χ2n) is 2.05. The molecular formula is C4H4Cl3NOS. The quantitative estimate of drug-likeness (QED) is 0.499. The van der Waals surface area contributed by atoms with Crippen LogP contribution in [-0.2, 0) is 4.79 Å². The molecule has 1 aliphatic heterocycles. The molecular weight excluding hydrogens is 216 g/mol. The fourth-order valence-corrected chi connectivity index (χ4v) is 1.77. The van der Waals surface area contributed by atoms with Gasteiger partial charge < -0.3 is 0 Å². The van der Waals surface area contributed by atoms with Crippen LogP contribution in [0.1, 0.15) is 6.92 Å². The summed E-state index contributed by atoms with van der Waals surface area (Å²) < 4.78 is 1.11. The van der Waals surface area contributed by atoms with Crippen LogP contribution in [0, 0.1) is 0 Å². The van der Waals surface area contributed by atoms with Crippen molar-refractivity contribution in [3.05, 3.63) is 0 Å². The smallest absolute Gasteiger partial charge is 0.254 e. The van der Waals surface area contributed by atoms with Gasteiger partial charge in [0.05, 0.1) is 0 Å². The Kier molecular flexibility index (Phi) is 2.05. The van der Waals surface area contributed by atoms with Crippen molar-refractivity contribution in [3.8, 4) is 0 Å². The fraction of sp³-hybridized carbons (Fsp3) is 0.750. The van der Waals surface area contributed by atoms with E-state index in [4.69, 9.17) is 34.8 Å². The van der Waals surface area contributed by atoms with Crippen LogP contribution in [0.2, 0.25) is 0 Å². The van der Waals surface area contributed by atoms with E-state index < -0.39 is 8.54 Å². The summed E-state index contributed by atoms with van der Waals surface area (Å²) in [4.78, 5) is 9.64. The van der Waals surface area contributed by atoms with Gasteiger partial charge in [0.15, 0.2) is 4.87 Å². The van der Waals surface area contributed by atoms with Gasteiger partial charge in [0.1, 0.15) is 0 Å². The molecule has 0 aromatic carbocycles. The molecule has 10 heavy (non-hydrogen) atoms. The number of carbonyl (C=O) groups is 1. The predicted octanol–water partition coefficient (Wildman–Crippen LogP) is 1.89. The van der Waals surface area contributed by atoms with Gasteiger partial charge in [-0.15, -0.1) is 11.6 Å². The molecule has 6 heteroatoms. The summed E-state index contributed by atoms with van der Waals surface area (Å²) in [6.45, 7) is 1.48. The van der Waals surface area contributed by atoms with Crippen LogP contribution >= 0.6 is 46.8 Å². The van der Waals surface area contributed by atoms with Crippen molar-refractivity contribution in [1.82, 2.24) is 4.72 Å². The summed E-state index contributed by atoms with van der Waals surface area (Å²) in [5, 5.41) is 0. The van der Waals surface area contributed by atoms with Gasteiger partial charge in [-0.1, -0.05) is 23.2 Å². The molecule has 2 nitrogen and oxygen atoms in total. The van der Waals surface area contributed by atoms with E-state index in [0.29, 0.717) is 0 Å². The lowest BCUT2D eigenvalue weighted by Crippen LogP contribution is -2.38. The average molecular weight is 221 g/mol. The lowest BCUT2D eigenvalue weighted by Gasteiger charge is -2.21. The number of hydrogen-bond donors (Lipinski definition) is 1. The van der Waals surface area contributed by atoms with Crippen molar-refractivity contribution in [2.24, 2.45) is 0 Å². The third kappa shape index (κ3) is 1.09. The van der Waals surface area contributed by atoms with Crippen LogP contribution in [0.25, 0.3) is 0 Å². The Hall–Kier alpha value is 0.690. The normalized spacial score (nSPS) is 37.8. The molecule has 0 bridgehead atoms. The highest BCUT2D eigenvalue weighted by molar-refractivity contribution is 8.02. The topological polar surface area (TPSA) is 29.1 Å². The summed E-state index contributed by atoms with van der Waals surface area (Å²) in [6, 6.07) is 0. The molecule has 1 unspecified atom stereocenters. The van der Waals surface area contributed by atoms with E-state index in [1.54, 1.807) is 0 Å². The second-order valence-corrected chi connectivity index (χ2v) is 5.61. The van der Waals surface area contributed by atoms with Gasteiger partial charge in [-0.3, -0.25) is 9.52 Å². The molecule has 0 aromatic rings. The maximum atomic E-state index is 10.9. The molecule has 1 N–H and O–H groups in total. The molecule has 1 aliphatic rings. The lowest BCUT2D eigenvalue weighted by atomic mass is 10.2. The highest BCUT2D eigenvalue weighted by Gasteiger charge is 2.56. The summed E-state index contributed by atoms with van der Waals surface area (Å²) in [6.07, 6.45) is 0. The van der Waals surface area contributed by atoms with E-state index in [2.05, 4.69) is 4.72 Å². The number of nitrogens with one attached hydrogen (secondary N) is 1. The Morgan fingerprint density at radius 2 is 2.00 bits per heavy atom. The van der Waals surface area contributed by atoms with Gasteiger partial charge in [0.25, 0.3) is 5.91 Å². The number of carbonyl (C=O) groups excluding carboxylic acids is 1. The highest BCUT2D eigenvalue weighted by Crippen LogP contribution is 2.51. The summed E-state index contributed by atoms with van der Waals surface area (Å²) in [5.41, 5.74) is 0. The number of alkyl halides is 3. The Bertz CT molecular complexity index is 181. The van der Waals surface area contributed by atoms with Crippen molar-refractivity contribution in [2.75, 3.05) is 0 Å². The fourth-order valence-electron chi connectivity index (χ4n) is 0.434. The maximum absolute atomic E-state index is 10.9. The van der Waals surface area contributed by atoms with Gasteiger partial charge in [0.2, 0.25) is 3.67 Å². The number of halogens is 3. The minimum Gasteiger partial charge on any atom is -0.296 e. The monoisotopic (exact) mass is 219 g/mol. The van der Waals surface area contributed by atoms with E-state index in [0.717, 1.165) is 11.9 Å². The van der Waals surface area contributed by atoms with Gasteiger partial charge in [0, 0.05) is 0 Å².